The highest BCUT2D eigenvalue weighted by atomic mass is 19.4. The Labute approximate surface area is 109 Å². The van der Waals surface area contributed by atoms with Crippen LogP contribution in [0.1, 0.15) is 27.7 Å². The van der Waals surface area contributed by atoms with Crippen molar-refractivity contribution in [1.82, 2.24) is 0 Å². The molecule has 0 radical (unpaired) electrons. The number of ether oxygens (including phenoxy) is 2. The van der Waals surface area contributed by atoms with Crippen molar-refractivity contribution in [3.05, 3.63) is 0 Å². The Balaban J connectivity index is 3.56. The van der Waals surface area contributed by atoms with Crippen molar-refractivity contribution in [3.63, 3.8) is 0 Å². The number of hydrogen-bond donors (Lipinski definition) is 0. The molecule has 0 spiro atoms. The van der Waals surface area contributed by atoms with Gasteiger partial charge in [-0.25, -0.2) is 8.78 Å². The molecular weight excluding hydrogens is 304 g/mol. The van der Waals surface area contributed by atoms with Gasteiger partial charge >= 0.3 is 12.4 Å². The fraction of sp³-hybridized carbons (Fsp3) is 1.00. The van der Waals surface area contributed by atoms with E-state index in [1.54, 1.807) is 0 Å². The Bertz CT molecular complexity index is 378. The molecule has 1 rings (SSSR count). The van der Waals surface area contributed by atoms with Crippen molar-refractivity contribution in [1.29, 1.82) is 0 Å². The van der Waals surface area contributed by atoms with E-state index in [1.807, 2.05) is 0 Å². The molecule has 20 heavy (non-hydrogen) atoms. The van der Waals surface area contributed by atoms with Gasteiger partial charge in [-0.3, -0.25) is 0 Å². The lowest BCUT2D eigenvalue weighted by Gasteiger charge is -2.40. The van der Waals surface area contributed by atoms with Gasteiger partial charge < -0.3 is 9.47 Å². The molecule has 0 aliphatic carbocycles. The number of halogens is 8. The molecule has 0 aromatic carbocycles. The van der Waals surface area contributed by atoms with E-state index in [-0.39, 0.29) is 6.92 Å². The van der Waals surface area contributed by atoms with Crippen molar-refractivity contribution >= 4 is 0 Å². The molecule has 0 aromatic rings. The van der Waals surface area contributed by atoms with E-state index < -0.39 is 35.3 Å². The Morgan fingerprint density at radius 3 is 1.20 bits per heavy atom. The van der Waals surface area contributed by atoms with Crippen LogP contribution in [0.4, 0.5) is 35.1 Å². The van der Waals surface area contributed by atoms with Gasteiger partial charge in [-0.1, -0.05) is 0 Å². The summed E-state index contributed by atoms with van der Waals surface area (Å²) in [4.78, 5) is 0. The van der Waals surface area contributed by atoms with Crippen molar-refractivity contribution in [3.8, 4) is 0 Å². The summed E-state index contributed by atoms with van der Waals surface area (Å²) in [6, 6.07) is 0. The summed E-state index contributed by atoms with van der Waals surface area (Å²) >= 11 is 0. The van der Waals surface area contributed by atoms with Crippen molar-refractivity contribution in [2.24, 2.45) is 0 Å². The van der Waals surface area contributed by atoms with E-state index in [1.165, 1.54) is 0 Å². The Morgan fingerprint density at radius 2 is 1.05 bits per heavy atom. The first-order valence-corrected chi connectivity index (χ1v) is 5.33. The maximum atomic E-state index is 13.3. The van der Waals surface area contributed by atoms with Crippen LogP contribution in [-0.2, 0) is 9.47 Å². The van der Waals surface area contributed by atoms with E-state index in [0.29, 0.717) is 20.8 Å². The molecule has 10 heteroatoms. The second-order valence-corrected chi connectivity index (χ2v) is 5.23. The van der Waals surface area contributed by atoms with Crippen LogP contribution >= 0.6 is 0 Å². The van der Waals surface area contributed by atoms with Gasteiger partial charge in [0.15, 0.2) is 0 Å². The monoisotopic (exact) mass is 316 g/mol. The third kappa shape index (κ3) is 2.07. The van der Waals surface area contributed by atoms with Crippen LogP contribution in [0.3, 0.4) is 0 Å². The van der Waals surface area contributed by atoms with Crippen LogP contribution in [0.15, 0.2) is 0 Å². The molecule has 0 aromatic heterocycles. The van der Waals surface area contributed by atoms with E-state index >= 15 is 0 Å². The molecule has 1 saturated heterocycles. The van der Waals surface area contributed by atoms with Crippen molar-refractivity contribution in [2.45, 2.75) is 63.0 Å². The van der Waals surface area contributed by atoms with Gasteiger partial charge in [0.25, 0.3) is 11.5 Å². The van der Waals surface area contributed by atoms with Crippen LogP contribution in [0.5, 0.6) is 0 Å². The molecular formula is C10H12F8O2. The molecule has 1 atom stereocenters. The number of hydrogen-bond acceptors (Lipinski definition) is 2. The SMILES string of the molecule is CC(F)(F)C1(C)OC(C)(C)C(C(F)(F)F)(C(F)(F)F)O1. The smallest absolute Gasteiger partial charge is 0.335 e. The molecule has 0 saturated carbocycles. The Kier molecular flexibility index (Phi) is 3.45. The zero-order valence-corrected chi connectivity index (χ0v) is 10.8. The predicted molar refractivity (Wildman–Crippen MR) is 50.1 cm³/mol. The van der Waals surface area contributed by atoms with E-state index in [2.05, 4.69) is 9.47 Å². The maximum Gasteiger partial charge on any atom is 0.429 e. The minimum absolute atomic E-state index is 0.117. The van der Waals surface area contributed by atoms with Gasteiger partial charge in [0.05, 0.1) is 0 Å². The number of rotatable bonds is 1. The molecule has 1 aliphatic rings. The van der Waals surface area contributed by atoms with Crippen LogP contribution in [0.25, 0.3) is 0 Å². The van der Waals surface area contributed by atoms with Gasteiger partial charge in [0.1, 0.15) is 5.60 Å². The van der Waals surface area contributed by atoms with E-state index in [0.717, 1.165) is 0 Å². The topological polar surface area (TPSA) is 18.5 Å². The molecule has 1 aliphatic heterocycles. The summed E-state index contributed by atoms with van der Waals surface area (Å²) in [5.74, 6) is -7.44. The summed E-state index contributed by atoms with van der Waals surface area (Å²) in [7, 11) is 0. The van der Waals surface area contributed by atoms with Gasteiger partial charge in [-0.15, -0.1) is 0 Å². The van der Waals surface area contributed by atoms with Crippen LogP contribution in [-0.4, -0.2) is 35.3 Å². The fourth-order valence-corrected chi connectivity index (χ4v) is 2.13. The van der Waals surface area contributed by atoms with E-state index in [9.17, 15) is 35.1 Å². The summed E-state index contributed by atoms with van der Waals surface area (Å²) in [6.07, 6.45) is -12.0. The Morgan fingerprint density at radius 1 is 0.700 bits per heavy atom. The highest BCUT2D eigenvalue weighted by Crippen LogP contribution is 2.61. The Hall–Kier alpha value is -0.640. The average Bonchev–Trinajstić information content (AvgIpc) is 2.30. The lowest BCUT2D eigenvalue weighted by molar-refractivity contribution is -0.403. The van der Waals surface area contributed by atoms with Crippen molar-refractivity contribution in [2.75, 3.05) is 0 Å². The molecule has 1 fully saturated rings. The minimum atomic E-state index is -5.99. The summed E-state index contributed by atoms with van der Waals surface area (Å²) in [6.45, 7) is 1.27. The first kappa shape index (κ1) is 17.4. The van der Waals surface area contributed by atoms with Gasteiger partial charge in [-0.2, -0.15) is 26.3 Å². The first-order chi connectivity index (χ1) is 8.41. The highest BCUT2D eigenvalue weighted by Gasteiger charge is 2.86. The predicted octanol–water partition coefficient (Wildman–Crippen LogP) is 4.05. The summed E-state index contributed by atoms with van der Waals surface area (Å²) in [5.41, 5.74) is -7.93. The first-order valence-electron chi connectivity index (χ1n) is 5.33. The molecule has 120 valence electrons. The second kappa shape index (κ2) is 3.96. The highest BCUT2D eigenvalue weighted by molar-refractivity contribution is 5.14. The third-order valence-corrected chi connectivity index (χ3v) is 3.24. The zero-order valence-electron chi connectivity index (χ0n) is 10.8. The van der Waals surface area contributed by atoms with Crippen molar-refractivity contribution < 1.29 is 44.6 Å². The third-order valence-electron chi connectivity index (χ3n) is 3.24. The van der Waals surface area contributed by atoms with Gasteiger partial charge in [0.2, 0.25) is 5.79 Å². The molecule has 2 nitrogen and oxygen atoms in total. The standard InChI is InChI=1S/C10H12F8O2/c1-5(2)8(9(13,14)15,10(16,17)18)20-7(4,19-5)6(3,11)12/h1-4H3. The minimum Gasteiger partial charge on any atom is -0.335 e. The van der Waals surface area contributed by atoms with Crippen LogP contribution in [0, 0.1) is 0 Å². The molecule has 0 bridgehead atoms. The van der Waals surface area contributed by atoms with E-state index in [4.69, 9.17) is 0 Å². The molecule has 0 N–H and O–H groups in total. The normalized spacial score (nSPS) is 30.6. The van der Waals surface area contributed by atoms with Crippen LogP contribution < -0.4 is 0 Å². The molecule has 0 amide bonds. The summed E-state index contributed by atoms with van der Waals surface area (Å²) < 4.78 is 113. The maximum absolute atomic E-state index is 13.3. The molecule has 1 unspecified atom stereocenters. The lowest BCUT2D eigenvalue weighted by Crippen LogP contribution is -2.67. The zero-order chi connectivity index (χ0) is 16.4. The largest absolute Gasteiger partial charge is 0.429 e. The molecule has 1 heterocycles. The quantitative estimate of drug-likeness (QED) is 0.680. The second-order valence-electron chi connectivity index (χ2n) is 5.23. The summed E-state index contributed by atoms with van der Waals surface area (Å²) in [5, 5.41) is 0. The number of alkyl halides is 8. The fourth-order valence-electron chi connectivity index (χ4n) is 2.13. The lowest BCUT2D eigenvalue weighted by atomic mass is 9.84. The van der Waals surface area contributed by atoms with Gasteiger partial charge in [0, 0.05) is 6.92 Å². The van der Waals surface area contributed by atoms with Gasteiger partial charge in [-0.05, 0) is 20.8 Å². The average molecular weight is 316 g/mol. The van der Waals surface area contributed by atoms with Crippen LogP contribution in [0.2, 0.25) is 0 Å².